The summed E-state index contributed by atoms with van der Waals surface area (Å²) in [7, 11) is 0. The molecule has 1 heterocycles. The standard InChI is InChI=1S/C14H16N2O2/c1-2-18-14(17)11-8-9-13(15)16(10-11)12-6-4-3-5-7-12/h3-8,15H,2,9-10H2,1H3. The summed E-state index contributed by atoms with van der Waals surface area (Å²) in [4.78, 5) is 13.5. The van der Waals surface area contributed by atoms with E-state index in [4.69, 9.17) is 10.1 Å². The van der Waals surface area contributed by atoms with Gasteiger partial charge in [-0.25, -0.2) is 4.79 Å². The molecule has 2 rings (SSSR count). The third kappa shape index (κ3) is 2.59. The van der Waals surface area contributed by atoms with Gasteiger partial charge in [0.15, 0.2) is 0 Å². The molecule has 0 atom stereocenters. The first-order valence-corrected chi connectivity index (χ1v) is 5.98. The second-order valence-corrected chi connectivity index (χ2v) is 4.02. The summed E-state index contributed by atoms with van der Waals surface area (Å²) >= 11 is 0. The number of amidine groups is 1. The molecule has 0 aliphatic carbocycles. The van der Waals surface area contributed by atoms with Crippen LogP contribution in [0.25, 0.3) is 0 Å². The molecule has 4 heteroatoms. The van der Waals surface area contributed by atoms with E-state index in [1.54, 1.807) is 13.0 Å². The van der Waals surface area contributed by atoms with E-state index in [1.165, 1.54) is 0 Å². The summed E-state index contributed by atoms with van der Waals surface area (Å²) in [6, 6.07) is 9.64. The van der Waals surface area contributed by atoms with E-state index < -0.39 is 0 Å². The van der Waals surface area contributed by atoms with Gasteiger partial charge in [-0.3, -0.25) is 5.41 Å². The zero-order chi connectivity index (χ0) is 13.0. The molecule has 1 aliphatic rings. The molecule has 1 aromatic rings. The first-order valence-electron chi connectivity index (χ1n) is 5.98. The maximum Gasteiger partial charge on any atom is 0.335 e. The summed E-state index contributed by atoms with van der Waals surface area (Å²) in [5.74, 6) is 0.208. The maximum atomic E-state index is 11.7. The molecule has 0 saturated heterocycles. The van der Waals surface area contributed by atoms with E-state index in [1.807, 2.05) is 35.2 Å². The van der Waals surface area contributed by atoms with Crippen LogP contribution in [0, 0.1) is 5.41 Å². The second kappa shape index (κ2) is 5.49. The van der Waals surface area contributed by atoms with Gasteiger partial charge in [0, 0.05) is 12.1 Å². The van der Waals surface area contributed by atoms with Crippen LogP contribution in [0.1, 0.15) is 13.3 Å². The van der Waals surface area contributed by atoms with Gasteiger partial charge in [0.1, 0.15) is 5.84 Å². The van der Waals surface area contributed by atoms with Gasteiger partial charge in [-0.05, 0) is 19.1 Å². The van der Waals surface area contributed by atoms with Gasteiger partial charge in [-0.1, -0.05) is 24.3 Å². The molecular weight excluding hydrogens is 228 g/mol. The Labute approximate surface area is 106 Å². The van der Waals surface area contributed by atoms with E-state index >= 15 is 0 Å². The third-order valence-electron chi connectivity index (χ3n) is 2.80. The number of para-hydroxylation sites is 1. The molecular formula is C14H16N2O2. The highest BCUT2D eigenvalue weighted by Gasteiger charge is 2.22. The van der Waals surface area contributed by atoms with Crippen molar-refractivity contribution in [1.82, 2.24) is 0 Å². The number of nitrogens with one attached hydrogen (secondary N) is 1. The molecule has 0 bridgehead atoms. The molecule has 0 spiro atoms. The summed E-state index contributed by atoms with van der Waals surface area (Å²) in [5, 5.41) is 7.95. The molecule has 0 aromatic heterocycles. The van der Waals surface area contributed by atoms with Crippen LogP contribution < -0.4 is 4.90 Å². The average Bonchev–Trinajstić information content (AvgIpc) is 2.40. The van der Waals surface area contributed by atoms with E-state index in [2.05, 4.69) is 0 Å². The van der Waals surface area contributed by atoms with Crippen molar-refractivity contribution in [1.29, 1.82) is 5.41 Å². The van der Waals surface area contributed by atoms with Crippen LogP contribution in [0.3, 0.4) is 0 Å². The van der Waals surface area contributed by atoms with Crippen LogP contribution in [0.15, 0.2) is 42.0 Å². The lowest BCUT2D eigenvalue weighted by molar-refractivity contribution is -0.138. The largest absolute Gasteiger partial charge is 0.463 e. The van der Waals surface area contributed by atoms with Crippen molar-refractivity contribution in [2.24, 2.45) is 0 Å². The average molecular weight is 244 g/mol. The molecule has 0 amide bonds. The van der Waals surface area contributed by atoms with Gasteiger partial charge in [0.25, 0.3) is 0 Å². The number of benzene rings is 1. The molecule has 94 valence electrons. The van der Waals surface area contributed by atoms with Crippen molar-refractivity contribution < 1.29 is 9.53 Å². The topological polar surface area (TPSA) is 53.4 Å². The zero-order valence-electron chi connectivity index (χ0n) is 10.3. The van der Waals surface area contributed by atoms with Crippen LogP contribution in [0.2, 0.25) is 0 Å². The number of nitrogens with zero attached hydrogens (tertiary/aromatic N) is 1. The van der Waals surface area contributed by atoms with Crippen LogP contribution in [-0.4, -0.2) is 25.0 Å². The van der Waals surface area contributed by atoms with Crippen molar-refractivity contribution >= 4 is 17.5 Å². The van der Waals surface area contributed by atoms with Crippen molar-refractivity contribution in [3.63, 3.8) is 0 Å². The summed E-state index contributed by atoms with van der Waals surface area (Å²) < 4.78 is 5.00. The number of anilines is 1. The van der Waals surface area contributed by atoms with E-state index in [-0.39, 0.29) is 5.97 Å². The highest BCUT2D eigenvalue weighted by molar-refractivity contribution is 6.02. The van der Waals surface area contributed by atoms with Gasteiger partial charge < -0.3 is 9.64 Å². The number of carbonyl (C=O) groups excluding carboxylic acids is 1. The van der Waals surface area contributed by atoms with Crippen LogP contribution in [-0.2, 0) is 9.53 Å². The van der Waals surface area contributed by atoms with Gasteiger partial charge in [0.2, 0.25) is 0 Å². The monoisotopic (exact) mass is 244 g/mol. The first kappa shape index (κ1) is 12.4. The molecule has 1 aliphatic heterocycles. The molecule has 1 N–H and O–H groups in total. The van der Waals surface area contributed by atoms with Crippen molar-refractivity contribution in [3.8, 4) is 0 Å². The minimum Gasteiger partial charge on any atom is -0.463 e. The minimum atomic E-state index is -0.286. The molecule has 0 radical (unpaired) electrons. The Balaban J connectivity index is 2.17. The lowest BCUT2D eigenvalue weighted by atomic mass is 10.1. The number of carbonyl (C=O) groups is 1. The first-order chi connectivity index (χ1) is 8.72. The fourth-order valence-corrected chi connectivity index (χ4v) is 1.89. The Morgan fingerprint density at radius 2 is 2.11 bits per heavy atom. The fourth-order valence-electron chi connectivity index (χ4n) is 1.89. The summed E-state index contributed by atoms with van der Waals surface area (Å²) in [6.45, 7) is 2.57. The Morgan fingerprint density at radius 1 is 1.39 bits per heavy atom. The van der Waals surface area contributed by atoms with Crippen molar-refractivity contribution in [2.75, 3.05) is 18.1 Å². The Hall–Kier alpha value is -2.10. The Kier molecular flexibility index (Phi) is 3.77. The molecule has 0 unspecified atom stereocenters. The maximum absolute atomic E-state index is 11.7. The van der Waals surface area contributed by atoms with Crippen molar-refractivity contribution in [3.05, 3.63) is 42.0 Å². The molecule has 18 heavy (non-hydrogen) atoms. The predicted molar refractivity (Wildman–Crippen MR) is 70.8 cm³/mol. The van der Waals surface area contributed by atoms with Gasteiger partial charge >= 0.3 is 5.97 Å². The normalized spacial score (nSPS) is 15.3. The molecule has 1 aromatic carbocycles. The zero-order valence-corrected chi connectivity index (χ0v) is 10.3. The lowest BCUT2D eigenvalue weighted by Gasteiger charge is -2.28. The Morgan fingerprint density at radius 3 is 2.78 bits per heavy atom. The molecule has 0 fully saturated rings. The lowest BCUT2D eigenvalue weighted by Crippen LogP contribution is -2.37. The highest BCUT2D eigenvalue weighted by Crippen LogP contribution is 2.21. The predicted octanol–water partition coefficient (Wildman–Crippen LogP) is 2.36. The highest BCUT2D eigenvalue weighted by atomic mass is 16.5. The number of esters is 1. The third-order valence-corrected chi connectivity index (χ3v) is 2.80. The number of rotatable bonds is 3. The van der Waals surface area contributed by atoms with Crippen LogP contribution in [0.4, 0.5) is 5.69 Å². The van der Waals surface area contributed by atoms with Crippen LogP contribution in [0.5, 0.6) is 0 Å². The molecule has 4 nitrogen and oxygen atoms in total. The van der Waals surface area contributed by atoms with E-state index in [0.29, 0.717) is 31.0 Å². The van der Waals surface area contributed by atoms with E-state index in [9.17, 15) is 4.79 Å². The second-order valence-electron chi connectivity index (χ2n) is 4.02. The summed E-state index contributed by atoms with van der Waals surface area (Å²) in [5.41, 5.74) is 1.55. The quantitative estimate of drug-likeness (QED) is 0.830. The van der Waals surface area contributed by atoms with Gasteiger partial charge in [-0.15, -0.1) is 0 Å². The smallest absolute Gasteiger partial charge is 0.335 e. The summed E-state index contributed by atoms with van der Waals surface area (Å²) in [6.07, 6.45) is 2.24. The number of ether oxygens (including phenoxy) is 1. The van der Waals surface area contributed by atoms with Crippen molar-refractivity contribution in [2.45, 2.75) is 13.3 Å². The number of hydrogen-bond donors (Lipinski definition) is 1. The minimum absolute atomic E-state index is 0.286. The molecule has 0 saturated carbocycles. The van der Waals surface area contributed by atoms with Gasteiger partial charge in [0.05, 0.1) is 18.7 Å². The SMILES string of the molecule is CCOC(=O)C1=CCC(=N)N(c2ccccc2)C1. The number of hydrogen-bond acceptors (Lipinski definition) is 3. The van der Waals surface area contributed by atoms with Gasteiger partial charge in [-0.2, -0.15) is 0 Å². The van der Waals surface area contributed by atoms with Crippen LogP contribution >= 0.6 is 0 Å². The van der Waals surface area contributed by atoms with E-state index in [0.717, 1.165) is 5.69 Å². The Bertz CT molecular complexity index is 480. The fraction of sp³-hybridized carbons (Fsp3) is 0.286.